The van der Waals surface area contributed by atoms with Crippen molar-refractivity contribution in [3.8, 4) is 0 Å². The van der Waals surface area contributed by atoms with Crippen LogP contribution in [-0.2, 0) is 57.6 Å². The van der Waals surface area contributed by atoms with Crippen molar-refractivity contribution in [2.75, 3.05) is 25.4 Å². The minimum Gasteiger partial charge on any atom is -0.480 e. The lowest BCUT2D eigenvalue weighted by Gasteiger charge is -2.28. The smallest absolute Gasteiger partial charge is 0.318 e. The van der Waals surface area contributed by atoms with Crippen LogP contribution in [0.5, 0.6) is 0 Å². The van der Waals surface area contributed by atoms with Crippen molar-refractivity contribution in [2.45, 2.75) is 92.5 Å². The maximum Gasteiger partial charge on any atom is 0.318 e. The zero-order valence-electron chi connectivity index (χ0n) is 41.0. The molecule has 0 aliphatic carbocycles. The predicted octanol–water partition coefficient (Wildman–Crippen LogP) is -3.24. The number of amides is 7. The third-order valence-electron chi connectivity index (χ3n) is 11.8. The number of aliphatic carboxylic acids is 1. The fourth-order valence-electron chi connectivity index (χ4n) is 7.81. The number of thioether (sulfide) groups is 1. The van der Waals surface area contributed by atoms with E-state index >= 15 is 0 Å². The lowest BCUT2D eigenvalue weighted by molar-refractivity contribution is -0.136. The number of aromatic nitrogens is 3. The van der Waals surface area contributed by atoms with E-state index in [-0.39, 0.29) is 70.0 Å². The van der Waals surface area contributed by atoms with E-state index in [1.165, 1.54) is 12.5 Å². The Morgan fingerprint density at radius 3 is 2.03 bits per heavy atom. The second-order valence-corrected chi connectivity index (χ2v) is 18.7. The van der Waals surface area contributed by atoms with Crippen molar-refractivity contribution in [3.63, 3.8) is 0 Å². The number of benzene rings is 2. The standard InChI is InChI=1S/C48H65N17O9S/c1-2-31-41(68)64-36(20-28-22-54-25-59-28)44(71)62-34(18-26-10-4-3-5-11-26)43(70)61-33(15-9-17-56-48(52)53)42(69)63-35(19-27-21-57-32-14-7-6-12-29(27)32)40(67)58-23-38(46(73)74)75-24-37(45(72)60-31)65-39(66)30(49)13-8-16-55-47(50)51/h2-7,10-12,14,21-22,25,30-31,33-38,57H,1,8-9,13,15-20,23-24,49H2,(H,54,59)(H,58,67)(H,60,72)(H,61,70)(H,62,71)(H,63,69)(H,64,68)(H,65,66)(H,73,74)(H4,50,51,55)(H4,52,53,56)/t30-,31+,33-,34+,35-,36-,37-,38+/m0/s1. The number of aromatic amines is 2. The third-order valence-corrected chi connectivity index (χ3v) is 13.1. The first-order valence-corrected chi connectivity index (χ1v) is 25.0. The van der Waals surface area contributed by atoms with Gasteiger partial charge in [-0.1, -0.05) is 54.6 Å². The fraction of sp³-hybridized carbons (Fsp3) is 0.396. The molecule has 0 bridgehead atoms. The molecule has 4 aromatic rings. The van der Waals surface area contributed by atoms with E-state index < -0.39 is 107 Å². The Bertz CT molecular complexity index is 2670. The number of fused-ring (bicyclic) bond motifs is 1. The van der Waals surface area contributed by atoms with Crippen LogP contribution >= 0.6 is 11.8 Å². The van der Waals surface area contributed by atoms with Crippen molar-refractivity contribution < 1.29 is 43.5 Å². The van der Waals surface area contributed by atoms with Gasteiger partial charge in [0.25, 0.3) is 0 Å². The highest BCUT2D eigenvalue weighted by Crippen LogP contribution is 2.20. The minimum absolute atomic E-state index is 0.0544. The van der Waals surface area contributed by atoms with Crippen LogP contribution in [0.15, 0.2) is 96.0 Å². The van der Waals surface area contributed by atoms with E-state index in [2.05, 4.69) is 68.7 Å². The molecule has 1 saturated heterocycles. The molecule has 0 radical (unpaired) electrons. The number of carbonyl (C=O) groups is 8. The van der Waals surface area contributed by atoms with Crippen molar-refractivity contribution in [2.24, 2.45) is 38.7 Å². The number of nitrogens with two attached hydrogens (primary N) is 5. The van der Waals surface area contributed by atoms with E-state index in [4.69, 9.17) is 28.7 Å². The number of hydrogen-bond acceptors (Lipinski definition) is 13. The number of H-pyrrole nitrogens is 2. The first-order chi connectivity index (χ1) is 35.9. The minimum atomic E-state index is -1.56. The second-order valence-electron chi connectivity index (χ2n) is 17.5. The zero-order chi connectivity index (χ0) is 54.4. The molecule has 7 amide bonds. The van der Waals surface area contributed by atoms with Crippen LogP contribution in [0.2, 0.25) is 0 Å². The first-order valence-electron chi connectivity index (χ1n) is 23.9. The number of carboxylic acids is 1. The number of hydrogen-bond donors (Lipinski definition) is 15. The monoisotopic (exact) mass is 1060 g/mol. The molecule has 5 rings (SSSR count). The molecule has 0 unspecified atom stereocenters. The van der Waals surface area contributed by atoms with Gasteiger partial charge in [0.2, 0.25) is 41.4 Å². The molecule has 1 aliphatic rings. The summed E-state index contributed by atoms with van der Waals surface area (Å²) in [6.45, 7) is 3.36. The SMILES string of the molecule is C=C[C@H]1NC(=O)[C@@H](NC(=O)[C@@H](N)CCCN=C(N)N)CS[C@@H](C(=O)O)CNC(=O)[C@H](Cc2c[nH]c3ccccc23)NC(=O)[C@H](CCCN=C(N)N)NC(=O)[C@@H](Cc2ccccc2)NC(=O)[C@H](Cc2cnc[nH]2)NC1=O. The van der Waals surface area contributed by atoms with Gasteiger partial charge in [-0.2, -0.15) is 0 Å². The van der Waals surface area contributed by atoms with Crippen LogP contribution in [0.3, 0.4) is 0 Å². The molecule has 402 valence electrons. The number of aliphatic imine (C=N–C) groups is 2. The van der Waals surface area contributed by atoms with Gasteiger partial charge in [0, 0.05) is 73.6 Å². The van der Waals surface area contributed by atoms with Crippen LogP contribution in [0.25, 0.3) is 10.9 Å². The van der Waals surface area contributed by atoms with Crippen LogP contribution in [0, 0.1) is 0 Å². The Labute approximate surface area is 435 Å². The number of rotatable bonds is 18. The first kappa shape index (κ1) is 57.4. The number of guanidine groups is 2. The summed E-state index contributed by atoms with van der Waals surface area (Å²) >= 11 is 0.679. The lowest BCUT2D eigenvalue weighted by atomic mass is 10.0. The fourth-order valence-corrected chi connectivity index (χ4v) is 8.81. The second kappa shape index (κ2) is 28.7. The van der Waals surface area contributed by atoms with Crippen LogP contribution in [0.1, 0.15) is 42.5 Å². The molecule has 27 heteroatoms. The number of nitrogens with one attached hydrogen (secondary N) is 9. The highest BCUT2D eigenvalue weighted by atomic mass is 32.2. The normalized spacial score (nSPS) is 22.0. The molecule has 1 aliphatic heterocycles. The van der Waals surface area contributed by atoms with E-state index in [1.54, 1.807) is 42.6 Å². The highest BCUT2D eigenvalue weighted by Gasteiger charge is 2.35. The van der Waals surface area contributed by atoms with Crippen molar-refractivity contribution in [1.82, 2.24) is 52.2 Å². The van der Waals surface area contributed by atoms with Gasteiger partial charge < -0.3 is 81.0 Å². The Morgan fingerprint density at radius 1 is 0.760 bits per heavy atom. The van der Waals surface area contributed by atoms with Gasteiger partial charge in [-0.3, -0.25) is 48.3 Å². The predicted molar refractivity (Wildman–Crippen MR) is 281 cm³/mol. The molecule has 1 fully saturated rings. The molecule has 75 heavy (non-hydrogen) atoms. The third kappa shape index (κ3) is 18.2. The van der Waals surface area contributed by atoms with Crippen LogP contribution in [-0.4, -0.2) is 152 Å². The number of nitrogens with zero attached hydrogens (tertiary/aromatic N) is 3. The van der Waals surface area contributed by atoms with Crippen molar-refractivity contribution in [3.05, 3.63) is 103 Å². The average molecular weight is 1060 g/mol. The quantitative estimate of drug-likeness (QED) is 0.0202. The van der Waals surface area contributed by atoms with Crippen molar-refractivity contribution in [1.29, 1.82) is 0 Å². The summed E-state index contributed by atoms with van der Waals surface area (Å²) in [4.78, 5) is 130. The molecule has 20 N–H and O–H groups in total. The molecular weight excluding hydrogens is 991 g/mol. The summed E-state index contributed by atoms with van der Waals surface area (Å²) in [5.41, 5.74) is 30.5. The summed E-state index contributed by atoms with van der Waals surface area (Å²) in [7, 11) is 0. The molecule has 2 aromatic carbocycles. The number of para-hydroxylation sites is 1. The van der Waals surface area contributed by atoms with E-state index in [9.17, 15) is 43.5 Å². The number of carboxylic acid groups (broad SMARTS) is 1. The molecular formula is C48H65N17O9S. The van der Waals surface area contributed by atoms with Gasteiger partial charge in [-0.25, -0.2) is 4.98 Å². The molecule has 0 saturated carbocycles. The molecule has 3 heterocycles. The van der Waals surface area contributed by atoms with Crippen molar-refractivity contribution >= 4 is 81.9 Å². The van der Waals surface area contributed by atoms with Gasteiger partial charge in [0.1, 0.15) is 41.5 Å². The summed E-state index contributed by atoms with van der Waals surface area (Å²) < 4.78 is 0. The maximum absolute atomic E-state index is 14.6. The largest absolute Gasteiger partial charge is 0.480 e. The highest BCUT2D eigenvalue weighted by molar-refractivity contribution is 8.00. The topological polar surface area (TPSA) is 440 Å². The summed E-state index contributed by atoms with van der Waals surface area (Å²) in [6, 6.07) is 6.05. The van der Waals surface area contributed by atoms with Crippen LogP contribution < -0.4 is 65.9 Å². The Hall–Kier alpha value is -8.46. The van der Waals surface area contributed by atoms with Gasteiger partial charge in [-0.05, 0) is 42.9 Å². The van der Waals surface area contributed by atoms with E-state index in [1.807, 2.05) is 18.2 Å². The Balaban J connectivity index is 1.56. The van der Waals surface area contributed by atoms with Crippen LogP contribution in [0.4, 0.5) is 0 Å². The van der Waals surface area contributed by atoms with Gasteiger partial charge >= 0.3 is 5.97 Å². The van der Waals surface area contributed by atoms with Gasteiger partial charge in [0.05, 0.1) is 12.4 Å². The van der Waals surface area contributed by atoms with E-state index in [0.717, 1.165) is 17.0 Å². The molecule has 8 atom stereocenters. The molecule has 2 aromatic heterocycles. The number of carbonyl (C=O) groups excluding carboxylic acids is 7. The average Bonchev–Trinajstić information content (AvgIpc) is 4.06. The van der Waals surface area contributed by atoms with Gasteiger partial charge in [-0.15, -0.1) is 18.3 Å². The zero-order valence-corrected chi connectivity index (χ0v) is 41.8. The maximum atomic E-state index is 14.6. The summed E-state index contributed by atoms with van der Waals surface area (Å²) in [5, 5.41) is 28.2. The lowest BCUT2D eigenvalue weighted by Crippen LogP contribution is -2.61. The molecule has 0 spiro atoms. The summed E-state index contributed by atoms with van der Waals surface area (Å²) in [5.74, 6) is -8.23. The summed E-state index contributed by atoms with van der Waals surface area (Å²) in [6.07, 6.45) is 5.57. The van der Waals surface area contributed by atoms with Gasteiger partial charge in [0.15, 0.2) is 11.9 Å². The van der Waals surface area contributed by atoms with E-state index in [0.29, 0.717) is 28.6 Å². The Kier molecular flexibility index (Phi) is 22.0. The Morgan fingerprint density at radius 2 is 1.37 bits per heavy atom. The number of imidazole rings is 1. The molecule has 26 nitrogen and oxygen atoms in total.